The Kier molecular flexibility index (Phi) is 4.42. The molecular formula is C19H12BrN3O6. The molecule has 1 aromatic heterocycles. The Morgan fingerprint density at radius 3 is 2.55 bits per heavy atom. The van der Waals surface area contributed by atoms with Gasteiger partial charge in [0.1, 0.15) is 0 Å². The fourth-order valence-corrected chi connectivity index (χ4v) is 3.37. The predicted octanol–water partition coefficient (Wildman–Crippen LogP) is 2.22. The maximum atomic E-state index is 13.2. The first-order valence-corrected chi connectivity index (χ1v) is 9.21. The molecule has 10 heteroatoms. The van der Waals surface area contributed by atoms with E-state index in [0.717, 1.165) is 9.15 Å². The summed E-state index contributed by atoms with van der Waals surface area (Å²) in [5.74, 6) is -2.67. The van der Waals surface area contributed by atoms with Gasteiger partial charge >= 0.3 is 17.9 Å². The van der Waals surface area contributed by atoms with Crippen molar-refractivity contribution >= 4 is 50.3 Å². The Bertz CT molecular complexity index is 1280. The number of hydrogen-bond acceptors (Lipinski definition) is 8. The van der Waals surface area contributed by atoms with Gasteiger partial charge in [-0.2, -0.15) is 9.78 Å². The Morgan fingerprint density at radius 2 is 1.90 bits per heavy atom. The fourth-order valence-electron chi connectivity index (χ4n) is 3.10. The van der Waals surface area contributed by atoms with E-state index < -0.39 is 23.5 Å². The molecule has 0 bridgehead atoms. The number of benzene rings is 2. The molecule has 29 heavy (non-hydrogen) atoms. The third-order valence-electron chi connectivity index (χ3n) is 4.38. The van der Waals surface area contributed by atoms with Crippen molar-refractivity contribution in [1.29, 1.82) is 0 Å². The van der Waals surface area contributed by atoms with E-state index in [0.29, 0.717) is 5.69 Å². The molecule has 146 valence electrons. The summed E-state index contributed by atoms with van der Waals surface area (Å²) in [6.07, 6.45) is 0. The molecular weight excluding hydrogens is 446 g/mol. The second-order valence-electron chi connectivity index (χ2n) is 6.07. The number of halogens is 1. The molecule has 1 aliphatic rings. The molecule has 0 unspecified atom stereocenters. The lowest BCUT2D eigenvalue weighted by Gasteiger charge is -2.13. The van der Waals surface area contributed by atoms with E-state index in [2.05, 4.69) is 25.8 Å². The second-order valence-corrected chi connectivity index (χ2v) is 6.99. The smallest absolute Gasteiger partial charge is 0.359 e. The third kappa shape index (κ3) is 2.88. The normalized spacial score (nSPS) is 12.8. The highest BCUT2D eigenvalue weighted by Gasteiger charge is 2.35. The molecule has 3 aromatic rings. The molecule has 9 nitrogen and oxygen atoms in total. The number of carbonyl (C=O) groups is 3. The molecule has 4 rings (SSSR count). The van der Waals surface area contributed by atoms with Crippen molar-refractivity contribution < 1.29 is 23.9 Å². The maximum Gasteiger partial charge on any atom is 0.359 e. The lowest BCUT2D eigenvalue weighted by atomic mass is 9.99. The highest BCUT2D eigenvalue weighted by molar-refractivity contribution is 9.10. The largest absolute Gasteiger partial charge is 0.461 e. The summed E-state index contributed by atoms with van der Waals surface area (Å²) in [5.41, 5.74) is 4.98. The van der Waals surface area contributed by atoms with E-state index in [-0.39, 0.29) is 39.9 Å². The van der Waals surface area contributed by atoms with Crippen molar-refractivity contribution in [2.24, 2.45) is 0 Å². The van der Waals surface area contributed by atoms with Crippen molar-refractivity contribution in [3.05, 3.63) is 62.0 Å². The monoisotopic (exact) mass is 457 g/mol. The number of nitrogens with two attached hydrogens (primary N) is 1. The number of anilines is 1. The fraction of sp³-hybridized carbons (Fsp3) is 0.105. The van der Waals surface area contributed by atoms with Crippen LogP contribution in [0.5, 0.6) is 0 Å². The van der Waals surface area contributed by atoms with Crippen LogP contribution in [0.4, 0.5) is 5.69 Å². The van der Waals surface area contributed by atoms with Crippen LogP contribution in [0, 0.1) is 0 Å². The van der Waals surface area contributed by atoms with Crippen LogP contribution in [0.25, 0.3) is 16.5 Å². The number of cyclic esters (lactones) is 2. The molecule has 0 atom stereocenters. The van der Waals surface area contributed by atoms with E-state index in [1.807, 2.05) is 0 Å². The van der Waals surface area contributed by atoms with Crippen molar-refractivity contribution in [2.75, 3.05) is 12.3 Å². The zero-order valence-electron chi connectivity index (χ0n) is 14.9. The SMILES string of the molecule is CCOC(=O)c1nn(-c2ccc(Br)cc2)c(=O)c2c(N)c3c(cc12)C(=O)OC3=O. The molecule has 0 aliphatic carbocycles. The summed E-state index contributed by atoms with van der Waals surface area (Å²) < 4.78 is 11.4. The number of fused-ring (bicyclic) bond motifs is 2. The Labute approximate surface area is 171 Å². The topological polar surface area (TPSA) is 131 Å². The molecule has 1 aliphatic heterocycles. The Morgan fingerprint density at radius 1 is 1.21 bits per heavy atom. The number of hydrogen-bond donors (Lipinski definition) is 1. The number of nitrogens with zero attached hydrogens (tertiary/aromatic N) is 2. The number of rotatable bonds is 3. The number of carbonyl (C=O) groups excluding carboxylic acids is 3. The number of nitrogen functional groups attached to an aromatic ring is 1. The van der Waals surface area contributed by atoms with Gasteiger partial charge in [0.05, 0.1) is 34.5 Å². The molecule has 0 saturated carbocycles. The summed E-state index contributed by atoms with van der Waals surface area (Å²) in [6, 6.07) is 7.82. The third-order valence-corrected chi connectivity index (χ3v) is 4.91. The van der Waals surface area contributed by atoms with Crippen molar-refractivity contribution in [1.82, 2.24) is 9.78 Å². The molecule has 0 radical (unpaired) electrons. The number of esters is 3. The summed E-state index contributed by atoms with van der Waals surface area (Å²) >= 11 is 3.31. The number of aromatic nitrogens is 2. The van der Waals surface area contributed by atoms with Gasteiger partial charge in [0.25, 0.3) is 5.56 Å². The Hall–Kier alpha value is -3.53. The zero-order valence-corrected chi connectivity index (χ0v) is 16.5. The van der Waals surface area contributed by atoms with Crippen LogP contribution in [0.1, 0.15) is 38.1 Å². The van der Waals surface area contributed by atoms with E-state index in [1.54, 1.807) is 31.2 Å². The first-order valence-electron chi connectivity index (χ1n) is 8.42. The van der Waals surface area contributed by atoms with E-state index in [1.165, 1.54) is 6.07 Å². The van der Waals surface area contributed by atoms with Gasteiger partial charge in [0.2, 0.25) is 0 Å². The lowest BCUT2D eigenvalue weighted by molar-refractivity contribution is 0.0441. The van der Waals surface area contributed by atoms with Crippen LogP contribution in [0.3, 0.4) is 0 Å². The van der Waals surface area contributed by atoms with Crippen molar-refractivity contribution in [3.8, 4) is 5.69 Å². The predicted molar refractivity (Wildman–Crippen MR) is 105 cm³/mol. The molecule has 2 aromatic carbocycles. The summed E-state index contributed by atoms with van der Waals surface area (Å²) in [5, 5.41) is 4.03. The van der Waals surface area contributed by atoms with Gasteiger partial charge in [-0.25, -0.2) is 14.4 Å². The van der Waals surface area contributed by atoms with Crippen LogP contribution < -0.4 is 11.3 Å². The molecule has 0 amide bonds. The van der Waals surface area contributed by atoms with E-state index >= 15 is 0 Å². The minimum Gasteiger partial charge on any atom is -0.461 e. The quantitative estimate of drug-likeness (QED) is 0.359. The minimum atomic E-state index is -0.950. The van der Waals surface area contributed by atoms with Gasteiger partial charge in [0.15, 0.2) is 5.69 Å². The first kappa shape index (κ1) is 18.8. The first-order chi connectivity index (χ1) is 13.8. The van der Waals surface area contributed by atoms with Crippen molar-refractivity contribution in [2.45, 2.75) is 6.92 Å². The van der Waals surface area contributed by atoms with Gasteiger partial charge in [-0.05, 0) is 37.3 Å². The molecule has 0 saturated heterocycles. The van der Waals surface area contributed by atoms with Gasteiger partial charge < -0.3 is 15.2 Å². The average molecular weight is 458 g/mol. The number of ether oxygens (including phenoxy) is 2. The van der Waals surface area contributed by atoms with E-state index in [9.17, 15) is 19.2 Å². The van der Waals surface area contributed by atoms with Gasteiger partial charge in [0, 0.05) is 9.86 Å². The standard InChI is InChI=1S/C19H12BrN3O6/c1-2-28-19(27)15-10-7-11-13(18(26)29-17(11)25)14(21)12(10)16(24)23(22-15)9-5-3-8(20)4-6-9/h3-7H,2,21H2,1H3. The Balaban J connectivity index is 2.14. The van der Waals surface area contributed by atoms with Gasteiger partial charge in [-0.1, -0.05) is 15.9 Å². The average Bonchev–Trinajstić information content (AvgIpc) is 2.97. The lowest BCUT2D eigenvalue weighted by Crippen LogP contribution is -2.26. The summed E-state index contributed by atoms with van der Waals surface area (Å²) in [6.45, 7) is 1.69. The molecule has 0 spiro atoms. The van der Waals surface area contributed by atoms with Crippen LogP contribution in [-0.4, -0.2) is 34.3 Å². The van der Waals surface area contributed by atoms with Gasteiger partial charge in [-0.15, -0.1) is 0 Å². The summed E-state index contributed by atoms with van der Waals surface area (Å²) in [7, 11) is 0. The van der Waals surface area contributed by atoms with Crippen LogP contribution in [0.2, 0.25) is 0 Å². The molecule has 2 N–H and O–H groups in total. The highest BCUT2D eigenvalue weighted by atomic mass is 79.9. The van der Waals surface area contributed by atoms with E-state index in [4.69, 9.17) is 10.5 Å². The highest BCUT2D eigenvalue weighted by Crippen LogP contribution is 2.33. The zero-order chi connectivity index (χ0) is 20.9. The van der Waals surface area contributed by atoms with Crippen LogP contribution in [-0.2, 0) is 9.47 Å². The molecule has 2 heterocycles. The summed E-state index contributed by atoms with van der Waals surface area (Å²) in [4.78, 5) is 49.7. The maximum absolute atomic E-state index is 13.2. The minimum absolute atomic E-state index is 0.00436. The van der Waals surface area contributed by atoms with Crippen LogP contribution >= 0.6 is 15.9 Å². The van der Waals surface area contributed by atoms with Crippen LogP contribution in [0.15, 0.2) is 39.6 Å². The van der Waals surface area contributed by atoms with Gasteiger partial charge in [-0.3, -0.25) is 4.79 Å². The van der Waals surface area contributed by atoms with Crippen molar-refractivity contribution in [3.63, 3.8) is 0 Å². The second kappa shape index (κ2) is 6.82. The molecule has 0 fully saturated rings.